The summed E-state index contributed by atoms with van der Waals surface area (Å²) in [7, 11) is -4.67. The fourth-order valence-electron chi connectivity index (χ4n) is 0. The van der Waals surface area contributed by atoms with Gasteiger partial charge in [-0.05, 0) is 0 Å². The molecule has 0 aliphatic rings. The molecule has 0 heterocycles. The number of hydrogen-bond donors (Lipinski definition) is 2. The van der Waals surface area contributed by atoms with Gasteiger partial charge in [0.2, 0.25) is 0 Å². The van der Waals surface area contributed by atoms with Gasteiger partial charge in [0, 0.05) is 0 Å². The third kappa shape index (κ3) is 1170. The molecule has 0 aliphatic carbocycles. The van der Waals surface area contributed by atoms with Gasteiger partial charge in [-0.1, -0.05) is 0 Å². The molecule has 0 aromatic heterocycles. The average Bonchev–Trinajstić information content (AvgIpc) is 1.12. The summed E-state index contributed by atoms with van der Waals surface area (Å²) in [6, 6.07) is 0. The molecular weight excluding hydrogens is 188 g/mol. The van der Waals surface area contributed by atoms with Gasteiger partial charge in [0.15, 0.2) is 0 Å². The molecular formula is CH2F3NaO4S. The smallest absolute Gasteiger partial charge is 0.264 e. The van der Waals surface area contributed by atoms with Gasteiger partial charge in [0.05, 0.1) is 0 Å². The number of rotatable bonds is 0. The van der Waals surface area contributed by atoms with Gasteiger partial charge in [-0.3, -0.25) is 9.11 Å². The van der Waals surface area contributed by atoms with Gasteiger partial charge in [-0.25, -0.2) is 0 Å². The Labute approximate surface area is 72.4 Å². The van der Waals surface area contributed by atoms with E-state index in [1.807, 2.05) is 0 Å². The monoisotopic (exact) mass is 190 g/mol. The number of hydrogen-bond acceptors (Lipinski definition) is 2. The van der Waals surface area contributed by atoms with Crippen LogP contribution in [-0.2, 0) is 10.4 Å². The zero-order valence-corrected chi connectivity index (χ0v) is 7.57. The molecule has 0 atom stereocenters. The molecule has 0 unspecified atom stereocenters. The second-order valence-electron chi connectivity index (χ2n) is 1.23. The van der Waals surface area contributed by atoms with Crippen LogP contribution in [0.2, 0.25) is 0 Å². The van der Waals surface area contributed by atoms with E-state index in [1.54, 1.807) is 0 Å². The molecule has 0 rings (SSSR count). The van der Waals surface area contributed by atoms with Crippen LogP contribution in [0.1, 0.15) is 0 Å². The van der Waals surface area contributed by atoms with Crippen LogP contribution in [-0.4, -0.2) is 48.9 Å². The number of alkyl halides is 3. The van der Waals surface area contributed by atoms with Crippen molar-refractivity contribution in [1.29, 1.82) is 0 Å². The Balaban J connectivity index is 0. The van der Waals surface area contributed by atoms with E-state index in [-0.39, 0.29) is 0 Å². The van der Waals surface area contributed by atoms with Gasteiger partial charge >= 0.3 is 54.9 Å². The zero-order chi connectivity index (χ0) is 9.00. The third-order valence-corrected chi connectivity index (χ3v) is 0. The Morgan fingerprint density at radius 1 is 1.20 bits per heavy atom. The Morgan fingerprint density at radius 2 is 1.20 bits per heavy atom. The molecule has 10 heavy (non-hydrogen) atoms. The van der Waals surface area contributed by atoms with Gasteiger partial charge in [-0.15, -0.1) is 0 Å². The van der Waals surface area contributed by atoms with Crippen molar-refractivity contribution >= 4 is 38.3 Å². The van der Waals surface area contributed by atoms with Crippen LogP contribution in [0.3, 0.4) is 0 Å². The van der Waals surface area contributed by atoms with E-state index >= 15 is 0 Å². The van der Waals surface area contributed by atoms with Gasteiger partial charge < -0.3 is 0 Å². The maximum atomic E-state index is 10.4. The maximum absolute atomic E-state index is 10.4. The molecule has 0 spiro atoms. The van der Waals surface area contributed by atoms with E-state index in [4.69, 9.17) is 17.5 Å². The normalized spacial score (nSPS) is 11.9. The van der Waals surface area contributed by atoms with Crippen LogP contribution in [0.4, 0.5) is 13.2 Å². The van der Waals surface area contributed by atoms with Crippen molar-refractivity contribution in [2.75, 3.05) is 0 Å². The molecule has 0 aromatic carbocycles. The second-order valence-corrected chi connectivity index (χ2v) is 3.26. The SMILES string of the molecule is F[C](F)(F)[Na].O=S(=O)(O)O. The van der Waals surface area contributed by atoms with Crippen LogP contribution < -0.4 is 0 Å². The summed E-state index contributed by atoms with van der Waals surface area (Å²) >= 11 is -0.692. The fraction of sp³-hybridized carbons (Fsp3) is 1.00. The number of halogens is 3. The van der Waals surface area contributed by atoms with Crippen molar-refractivity contribution in [3.8, 4) is 0 Å². The first kappa shape index (κ1) is 13.3. The van der Waals surface area contributed by atoms with Crippen LogP contribution in [0.15, 0.2) is 0 Å². The summed E-state index contributed by atoms with van der Waals surface area (Å²) in [5.74, 6) is 0. The minimum Gasteiger partial charge on any atom is -0.264 e. The molecule has 0 amide bonds. The van der Waals surface area contributed by atoms with E-state index in [1.165, 1.54) is 0 Å². The fourth-order valence-corrected chi connectivity index (χ4v) is 0. The molecule has 0 saturated heterocycles. The van der Waals surface area contributed by atoms with Crippen LogP contribution >= 0.6 is 0 Å². The van der Waals surface area contributed by atoms with Crippen molar-refractivity contribution in [3.05, 3.63) is 0 Å². The van der Waals surface area contributed by atoms with E-state index in [0.717, 1.165) is 0 Å². The predicted molar refractivity (Wildman–Crippen MR) is 26.0 cm³/mol. The molecule has 0 bridgehead atoms. The Bertz CT molecular complexity index is 155. The molecule has 2 N–H and O–H groups in total. The van der Waals surface area contributed by atoms with E-state index in [0.29, 0.717) is 0 Å². The van der Waals surface area contributed by atoms with Crippen molar-refractivity contribution in [3.63, 3.8) is 0 Å². The first-order valence-electron chi connectivity index (χ1n) is 1.77. The van der Waals surface area contributed by atoms with Crippen LogP contribution in [0.5, 0.6) is 0 Å². The quantitative estimate of drug-likeness (QED) is 0.417. The Morgan fingerprint density at radius 3 is 1.20 bits per heavy atom. The summed E-state index contributed by atoms with van der Waals surface area (Å²) < 4.78 is 59.0. The topological polar surface area (TPSA) is 74.6 Å². The molecule has 58 valence electrons. The molecule has 0 aliphatic heterocycles. The molecule has 4 nitrogen and oxygen atoms in total. The van der Waals surface area contributed by atoms with Crippen molar-refractivity contribution < 1.29 is 30.7 Å². The van der Waals surface area contributed by atoms with Crippen LogP contribution in [0, 0.1) is 0 Å². The molecule has 0 saturated carbocycles. The van der Waals surface area contributed by atoms with Crippen molar-refractivity contribution in [2.45, 2.75) is 3.43 Å². The summed E-state index contributed by atoms with van der Waals surface area (Å²) in [6.07, 6.45) is 0. The third-order valence-electron chi connectivity index (χ3n) is 0. The van der Waals surface area contributed by atoms with E-state index in [2.05, 4.69) is 0 Å². The van der Waals surface area contributed by atoms with Crippen molar-refractivity contribution in [1.82, 2.24) is 0 Å². The first-order valence-corrected chi connectivity index (χ1v) is 4.16. The summed E-state index contributed by atoms with van der Waals surface area (Å²) in [5.41, 5.74) is 0. The van der Waals surface area contributed by atoms with Crippen molar-refractivity contribution in [2.24, 2.45) is 0 Å². The average molecular weight is 190 g/mol. The van der Waals surface area contributed by atoms with E-state index < -0.39 is 41.8 Å². The largest absolute Gasteiger partial charge is 0.394 e. The second kappa shape index (κ2) is 4.52. The molecule has 0 fully saturated rings. The van der Waals surface area contributed by atoms with Crippen LogP contribution in [0.25, 0.3) is 0 Å². The Hall–Kier alpha value is 0.660. The summed E-state index contributed by atoms with van der Waals surface area (Å²) in [5, 5.41) is 0. The maximum Gasteiger partial charge on any atom is 0.394 e. The minimum atomic E-state index is -4.67. The zero-order valence-electron chi connectivity index (χ0n) is 4.75. The van der Waals surface area contributed by atoms with E-state index in [9.17, 15) is 13.2 Å². The predicted octanol–water partition coefficient (Wildman–Crippen LogP) is 0.0219. The summed E-state index contributed by atoms with van der Waals surface area (Å²) in [6.45, 7) is 0. The molecule has 0 radical (unpaired) electrons. The Kier molecular flexibility index (Phi) is 6.00. The molecule has 0 aromatic rings. The minimum absolute atomic E-state index is 0.692. The standard InChI is InChI=1S/CF3.Na.H2O4S/c2-1(3)4;;1-5(2,3)4/h;;(H2,1,2,3,4). The molecule has 9 heteroatoms. The summed E-state index contributed by atoms with van der Waals surface area (Å²) in [4.78, 5) is 0. The first-order chi connectivity index (χ1) is 4.00. The van der Waals surface area contributed by atoms with Gasteiger partial charge in [0.1, 0.15) is 0 Å². The van der Waals surface area contributed by atoms with Gasteiger partial charge in [0.25, 0.3) is 0 Å². The van der Waals surface area contributed by atoms with Gasteiger partial charge in [-0.2, -0.15) is 8.42 Å².